The van der Waals surface area contributed by atoms with Crippen LogP contribution in [-0.4, -0.2) is 41.6 Å². The fraction of sp³-hybridized carbons (Fsp3) is 0.917. The van der Waals surface area contributed by atoms with E-state index in [4.69, 9.17) is 0 Å². The third-order valence-corrected chi connectivity index (χ3v) is 4.65. The number of carbonyl (C=O) groups excluding carboxylic acids is 1. The Morgan fingerprint density at radius 1 is 1.38 bits per heavy atom. The van der Waals surface area contributed by atoms with Crippen molar-refractivity contribution in [2.24, 2.45) is 5.92 Å². The van der Waals surface area contributed by atoms with Gasteiger partial charge in [0.2, 0.25) is 0 Å². The highest BCUT2D eigenvalue weighted by Gasteiger charge is 2.23. The smallest absolute Gasteiger partial charge is 0.317 e. The molecule has 0 bridgehead atoms. The highest BCUT2D eigenvalue weighted by atomic mass is 32.2. The van der Waals surface area contributed by atoms with Crippen LogP contribution >= 0.6 is 11.8 Å². The first-order valence-corrected chi connectivity index (χ1v) is 7.54. The van der Waals surface area contributed by atoms with E-state index in [0.29, 0.717) is 12.0 Å². The van der Waals surface area contributed by atoms with Crippen LogP contribution in [0.1, 0.15) is 32.6 Å². The first kappa shape index (κ1) is 12.1. The lowest BCUT2D eigenvalue weighted by Crippen LogP contribution is -2.49. The van der Waals surface area contributed by atoms with Crippen LogP contribution in [0.2, 0.25) is 0 Å². The monoisotopic (exact) mass is 242 g/mol. The lowest BCUT2D eigenvalue weighted by atomic mass is 10.0. The minimum atomic E-state index is 0.166. The molecule has 16 heavy (non-hydrogen) atoms. The summed E-state index contributed by atoms with van der Waals surface area (Å²) in [4.78, 5) is 14.0. The van der Waals surface area contributed by atoms with E-state index < -0.39 is 0 Å². The van der Waals surface area contributed by atoms with E-state index in [1.807, 2.05) is 16.7 Å². The molecule has 4 heteroatoms. The molecular formula is C12H22N2OS. The maximum absolute atomic E-state index is 12.0. The van der Waals surface area contributed by atoms with Crippen molar-refractivity contribution < 1.29 is 4.79 Å². The number of nitrogens with one attached hydrogen (secondary N) is 1. The Kier molecular flexibility index (Phi) is 4.38. The maximum atomic E-state index is 12.0. The average molecular weight is 242 g/mol. The lowest BCUT2D eigenvalue weighted by molar-refractivity contribution is 0.166. The topological polar surface area (TPSA) is 32.3 Å². The van der Waals surface area contributed by atoms with E-state index in [1.54, 1.807) is 0 Å². The van der Waals surface area contributed by atoms with Gasteiger partial charge in [-0.2, -0.15) is 11.8 Å². The number of amides is 2. The van der Waals surface area contributed by atoms with Crippen molar-refractivity contribution in [1.82, 2.24) is 10.2 Å². The number of hydrogen-bond acceptors (Lipinski definition) is 2. The minimum Gasteiger partial charge on any atom is -0.334 e. The van der Waals surface area contributed by atoms with Gasteiger partial charge in [-0.1, -0.05) is 6.92 Å². The zero-order valence-corrected chi connectivity index (χ0v) is 10.9. The van der Waals surface area contributed by atoms with Crippen molar-refractivity contribution in [3.05, 3.63) is 0 Å². The molecule has 0 saturated carbocycles. The summed E-state index contributed by atoms with van der Waals surface area (Å²) in [7, 11) is 0. The Hall–Kier alpha value is -0.380. The molecule has 0 radical (unpaired) electrons. The number of carbonyl (C=O) groups is 1. The third-order valence-electron chi connectivity index (χ3n) is 3.43. The van der Waals surface area contributed by atoms with E-state index in [9.17, 15) is 4.79 Å². The Morgan fingerprint density at radius 2 is 2.25 bits per heavy atom. The van der Waals surface area contributed by atoms with Gasteiger partial charge < -0.3 is 10.2 Å². The molecule has 2 amide bonds. The molecule has 0 aromatic heterocycles. The molecule has 2 aliphatic heterocycles. The summed E-state index contributed by atoms with van der Waals surface area (Å²) in [5, 5.41) is 3.18. The van der Waals surface area contributed by atoms with Crippen LogP contribution in [-0.2, 0) is 0 Å². The first-order valence-electron chi connectivity index (χ1n) is 6.39. The highest BCUT2D eigenvalue weighted by molar-refractivity contribution is 7.99. The zero-order valence-electron chi connectivity index (χ0n) is 10.1. The summed E-state index contributed by atoms with van der Waals surface area (Å²) < 4.78 is 0. The van der Waals surface area contributed by atoms with E-state index in [2.05, 4.69) is 12.2 Å². The summed E-state index contributed by atoms with van der Waals surface area (Å²) >= 11 is 1.96. The van der Waals surface area contributed by atoms with Gasteiger partial charge in [0, 0.05) is 24.9 Å². The molecule has 0 aromatic carbocycles. The van der Waals surface area contributed by atoms with Crippen molar-refractivity contribution >= 4 is 17.8 Å². The van der Waals surface area contributed by atoms with Gasteiger partial charge >= 0.3 is 6.03 Å². The second-order valence-corrected chi connectivity index (χ2v) is 6.21. The van der Waals surface area contributed by atoms with Gasteiger partial charge in [-0.15, -0.1) is 0 Å². The largest absolute Gasteiger partial charge is 0.334 e. The minimum absolute atomic E-state index is 0.166. The van der Waals surface area contributed by atoms with Gasteiger partial charge in [0.1, 0.15) is 0 Å². The molecule has 2 saturated heterocycles. The van der Waals surface area contributed by atoms with E-state index in [0.717, 1.165) is 31.7 Å². The van der Waals surface area contributed by atoms with Gasteiger partial charge in [0.05, 0.1) is 0 Å². The van der Waals surface area contributed by atoms with Gasteiger partial charge in [0.25, 0.3) is 0 Å². The van der Waals surface area contributed by atoms with Crippen LogP contribution in [0.3, 0.4) is 0 Å². The molecule has 2 rings (SSSR count). The SMILES string of the molecule is CC1CCCN(C(=O)NC2CCCSC2)C1. The molecule has 1 N–H and O–H groups in total. The van der Waals surface area contributed by atoms with E-state index in [1.165, 1.54) is 18.6 Å². The Balaban J connectivity index is 1.77. The molecule has 2 atom stereocenters. The first-order chi connectivity index (χ1) is 7.75. The highest BCUT2D eigenvalue weighted by Crippen LogP contribution is 2.19. The summed E-state index contributed by atoms with van der Waals surface area (Å²) in [5.41, 5.74) is 0. The number of urea groups is 1. The molecule has 0 aliphatic carbocycles. The Bertz CT molecular complexity index is 241. The third kappa shape index (κ3) is 3.30. The molecule has 2 fully saturated rings. The van der Waals surface area contributed by atoms with Crippen LogP contribution in [0.25, 0.3) is 0 Å². The second-order valence-electron chi connectivity index (χ2n) is 5.06. The molecular weight excluding hydrogens is 220 g/mol. The summed E-state index contributed by atoms with van der Waals surface area (Å²) in [6, 6.07) is 0.572. The van der Waals surface area contributed by atoms with Crippen molar-refractivity contribution in [3.63, 3.8) is 0 Å². The normalized spacial score (nSPS) is 31.2. The quantitative estimate of drug-likeness (QED) is 0.765. The van der Waals surface area contributed by atoms with E-state index >= 15 is 0 Å². The zero-order chi connectivity index (χ0) is 11.4. The number of likely N-dealkylation sites (tertiary alicyclic amines) is 1. The number of hydrogen-bond donors (Lipinski definition) is 1. The number of thioether (sulfide) groups is 1. The molecule has 2 heterocycles. The number of nitrogens with zero attached hydrogens (tertiary/aromatic N) is 1. The fourth-order valence-electron chi connectivity index (χ4n) is 2.49. The van der Waals surface area contributed by atoms with Gasteiger partial charge in [0.15, 0.2) is 0 Å². The average Bonchev–Trinajstić information content (AvgIpc) is 2.30. The fourth-order valence-corrected chi connectivity index (χ4v) is 3.57. The van der Waals surface area contributed by atoms with Crippen molar-refractivity contribution in [2.75, 3.05) is 24.6 Å². The summed E-state index contributed by atoms with van der Waals surface area (Å²) in [6.07, 6.45) is 4.82. The molecule has 0 aromatic rings. The molecule has 2 unspecified atom stereocenters. The Labute approximate surface area is 102 Å². The molecule has 92 valence electrons. The van der Waals surface area contributed by atoms with E-state index in [-0.39, 0.29) is 6.03 Å². The van der Waals surface area contributed by atoms with Gasteiger partial charge in [-0.05, 0) is 37.4 Å². The summed E-state index contributed by atoms with van der Waals surface area (Å²) in [5.74, 6) is 3.02. The maximum Gasteiger partial charge on any atom is 0.317 e. The second kappa shape index (κ2) is 5.80. The van der Waals surface area contributed by atoms with Crippen molar-refractivity contribution in [2.45, 2.75) is 38.6 Å². The predicted octanol–water partition coefficient (Wildman–Crippen LogP) is 2.32. The predicted molar refractivity (Wildman–Crippen MR) is 68.8 cm³/mol. The lowest BCUT2D eigenvalue weighted by Gasteiger charge is -2.33. The van der Waals surface area contributed by atoms with Crippen molar-refractivity contribution in [3.8, 4) is 0 Å². The molecule has 2 aliphatic rings. The molecule has 0 spiro atoms. The van der Waals surface area contributed by atoms with Crippen molar-refractivity contribution in [1.29, 1.82) is 0 Å². The van der Waals surface area contributed by atoms with Crippen LogP contribution in [0.4, 0.5) is 4.79 Å². The number of piperidine rings is 1. The van der Waals surface area contributed by atoms with Crippen LogP contribution in [0, 0.1) is 5.92 Å². The Morgan fingerprint density at radius 3 is 2.94 bits per heavy atom. The van der Waals surface area contributed by atoms with Crippen LogP contribution in [0.5, 0.6) is 0 Å². The molecule has 3 nitrogen and oxygen atoms in total. The number of rotatable bonds is 1. The van der Waals surface area contributed by atoms with Crippen LogP contribution in [0.15, 0.2) is 0 Å². The van der Waals surface area contributed by atoms with Crippen LogP contribution < -0.4 is 5.32 Å². The summed E-state index contributed by atoms with van der Waals surface area (Å²) in [6.45, 7) is 4.11. The van der Waals surface area contributed by atoms with Gasteiger partial charge in [-0.3, -0.25) is 0 Å². The van der Waals surface area contributed by atoms with Gasteiger partial charge in [-0.25, -0.2) is 4.79 Å². The standard InChI is InChI=1S/C12H22N2OS/c1-10-4-2-6-14(8-10)12(15)13-11-5-3-7-16-9-11/h10-11H,2-9H2,1H3,(H,13,15).